The van der Waals surface area contributed by atoms with Crippen molar-refractivity contribution in [2.24, 2.45) is 0 Å². The van der Waals surface area contributed by atoms with Crippen molar-refractivity contribution < 1.29 is 14.8 Å². The third-order valence-electron chi connectivity index (χ3n) is 3.61. The van der Waals surface area contributed by atoms with Gasteiger partial charge in [0.2, 0.25) is 0 Å². The Morgan fingerprint density at radius 2 is 1.38 bits per heavy atom. The maximum Gasteiger partial charge on any atom is 0.269 e. The van der Waals surface area contributed by atoms with Crippen LogP contribution >= 0.6 is 0 Å². The topological polar surface area (TPSA) is 72.6 Å². The maximum atomic E-state index is 10.6. The fourth-order valence-electron chi connectivity index (χ4n) is 2.28. The predicted octanol–water partition coefficient (Wildman–Crippen LogP) is 4.55. The third-order valence-corrected chi connectivity index (χ3v) is 3.61. The van der Waals surface area contributed by atoms with Crippen LogP contribution in [0.3, 0.4) is 0 Å². The van der Waals surface area contributed by atoms with Crippen molar-refractivity contribution in [3.63, 3.8) is 0 Å². The molecule has 0 atom stereocenters. The summed E-state index contributed by atoms with van der Waals surface area (Å²) < 4.78 is 5.69. The van der Waals surface area contributed by atoms with E-state index in [9.17, 15) is 15.2 Å². The molecule has 0 heterocycles. The summed E-state index contributed by atoms with van der Waals surface area (Å²) in [7, 11) is 0. The van der Waals surface area contributed by atoms with Crippen LogP contribution < -0.4 is 4.74 Å². The summed E-state index contributed by atoms with van der Waals surface area (Å²) in [6, 6.07) is 20.9. The zero-order valence-corrected chi connectivity index (χ0v) is 12.8. The number of nitrogens with zero attached hydrogens (tertiary/aromatic N) is 1. The third kappa shape index (κ3) is 3.70. The van der Waals surface area contributed by atoms with Gasteiger partial charge in [0.25, 0.3) is 5.69 Å². The normalized spacial score (nSPS) is 10.3. The minimum Gasteiger partial charge on any atom is -0.508 e. The van der Waals surface area contributed by atoms with Gasteiger partial charge in [0.15, 0.2) is 0 Å². The van der Waals surface area contributed by atoms with E-state index in [-0.39, 0.29) is 11.4 Å². The van der Waals surface area contributed by atoms with E-state index in [1.54, 1.807) is 24.3 Å². The van der Waals surface area contributed by atoms with Crippen LogP contribution in [0.2, 0.25) is 0 Å². The average molecular weight is 321 g/mol. The molecule has 1 N–H and O–H groups in total. The van der Waals surface area contributed by atoms with E-state index in [2.05, 4.69) is 0 Å². The van der Waals surface area contributed by atoms with Crippen LogP contribution in [-0.4, -0.2) is 10.0 Å². The number of hydrogen-bond acceptors (Lipinski definition) is 4. The minimum atomic E-state index is -0.424. The molecule has 0 spiro atoms. The number of nitro groups is 1. The highest BCUT2D eigenvalue weighted by Crippen LogP contribution is 2.24. The van der Waals surface area contributed by atoms with E-state index in [4.69, 9.17) is 4.74 Å². The molecule has 120 valence electrons. The molecule has 0 saturated heterocycles. The van der Waals surface area contributed by atoms with Gasteiger partial charge in [-0.1, -0.05) is 24.3 Å². The van der Waals surface area contributed by atoms with Gasteiger partial charge < -0.3 is 9.84 Å². The van der Waals surface area contributed by atoms with Crippen LogP contribution in [0.5, 0.6) is 11.5 Å². The molecule has 0 unspecified atom stereocenters. The molecule has 0 amide bonds. The maximum absolute atomic E-state index is 10.6. The summed E-state index contributed by atoms with van der Waals surface area (Å²) in [6.07, 6.45) is 0. The van der Waals surface area contributed by atoms with Gasteiger partial charge in [-0.2, -0.15) is 0 Å². The Kier molecular flexibility index (Phi) is 4.43. The highest BCUT2D eigenvalue weighted by molar-refractivity contribution is 5.64. The summed E-state index contributed by atoms with van der Waals surface area (Å²) in [5.41, 5.74) is 2.97. The van der Waals surface area contributed by atoms with Gasteiger partial charge in [0.05, 0.1) is 4.92 Å². The number of phenols is 1. The van der Waals surface area contributed by atoms with Crippen molar-refractivity contribution in [2.75, 3.05) is 0 Å². The Balaban J connectivity index is 1.63. The number of hydrogen-bond donors (Lipinski definition) is 1. The molecular weight excluding hydrogens is 306 g/mol. The quantitative estimate of drug-likeness (QED) is 0.553. The summed E-state index contributed by atoms with van der Waals surface area (Å²) in [6.45, 7) is 0.344. The highest BCUT2D eigenvalue weighted by atomic mass is 16.6. The van der Waals surface area contributed by atoms with Crippen LogP contribution in [0.25, 0.3) is 11.1 Å². The van der Waals surface area contributed by atoms with Gasteiger partial charge in [-0.15, -0.1) is 0 Å². The van der Waals surface area contributed by atoms with E-state index in [1.165, 1.54) is 12.1 Å². The minimum absolute atomic E-state index is 0.0667. The molecule has 3 aromatic carbocycles. The Morgan fingerprint density at radius 3 is 1.92 bits per heavy atom. The second kappa shape index (κ2) is 6.83. The summed E-state index contributed by atoms with van der Waals surface area (Å²) in [5, 5.41) is 19.9. The lowest BCUT2D eigenvalue weighted by molar-refractivity contribution is -0.384. The predicted molar refractivity (Wildman–Crippen MR) is 91.0 cm³/mol. The fraction of sp³-hybridized carbons (Fsp3) is 0.0526. The van der Waals surface area contributed by atoms with Crippen LogP contribution in [0, 0.1) is 10.1 Å². The molecule has 0 fully saturated rings. The molecule has 5 nitrogen and oxygen atoms in total. The van der Waals surface area contributed by atoms with Crippen molar-refractivity contribution in [2.45, 2.75) is 6.61 Å². The smallest absolute Gasteiger partial charge is 0.269 e. The number of rotatable bonds is 5. The van der Waals surface area contributed by atoms with Crippen LogP contribution in [0.1, 0.15) is 5.56 Å². The second-order valence-electron chi connectivity index (χ2n) is 5.28. The largest absolute Gasteiger partial charge is 0.508 e. The Bertz CT molecular complexity index is 825. The van der Waals surface area contributed by atoms with E-state index in [0.717, 1.165) is 22.4 Å². The molecule has 3 aromatic rings. The van der Waals surface area contributed by atoms with Crippen LogP contribution in [-0.2, 0) is 6.61 Å². The van der Waals surface area contributed by atoms with Crippen molar-refractivity contribution in [3.05, 3.63) is 88.5 Å². The molecule has 3 rings (SSSR count). The molecule has 0 aliphatic rings. The molecule has 0 aliphatic heterocycles. The monoisotopic (exact) mass is 321 g/mol. The molecule has 0 aromatic heterocycles. The zero-order valence-electron chi connectivity index (χ0n) is 12.8. The van der Waals surface area contributed by atoms with Gasteiger partial charge in [-0.3, -0.25) is 10.1 Å². The van der Waals surface area contributed by atoms with Crippen molar-refractivity contribution in [1.29, 1.82) is 0 Å². The lowest BCUT2D eigenvalue weighted by Gasteiger charge is -2.08. The highest BCUT2D eigenvalue weighted by Gasteiger charge is 2.04. The van der Waals surface area contributed by atoms with Crippen molar-refractivity contribution in [1.82, 2.24) is 0 Å². The zero-order chi connectivity index (χ0) is 16.9. The molecule has 5 heteroatoms. The number of ether oxygens (including phenoxy) is 1. The SMILES string of the molecule is O=[N+]([O-])c1ccc(COc2ccc(-c3ccc(O)cc3)cc2)cc1. The Morgan fingerprint density at radius 1 is 0.833 bits per heavy atom. The Labute approximate surface area is 138 Å². The lowest BCUT2D eigenvalue weighted by atomic mass is 10.1. The van der Waals surface area contributed by atoms with E-state index < -0.39 is 4.92 Å². The first kappa shape index (κ1) is 15.6. The fourth-order valence-corrected chi connectivity index (χ4v) is 2.28. The number of nitro benzene ring substituents is 1. The van der Waals surface area contributed by atoms with Crippen molar-refractivity contribution >= 4 is 5.69 Å². The van der Waals surface area contributed by atoms with E-state index >= 15 is 0 Å². The average Bonchev–Trinajstić information content (AvgIpc) is 2.61. The summed E-state index contributed by atoms with van der Waals surface area (Å²) in [5.74, 6) is 0.956. The van der Waals surface area contributed by atoms with Crippen molar-refractivity contribution in [3.8, 4) is 22.6 Å². The van der Waals surface area contributed by atoms with Crippen LogP contribution in [0.4, 0.5) is 5.69 Å². The molecule has 0 saturated carbocycles. The summed E-state index contributed by atoms with van der Waals surface area (Å²) >= 11 is 0. The molecule has 0 aliphatic carbocycles. The number of non-ortho nitro benzene ring substituents is 1. The number of benzene rings is 3. The number of aromatic hydroxyl groups is 1. The first-order valence-corrected chi connectivity index (χ1v) is 7.37. The van der Waals surface area contributed by atoms with E-state index in [1.807, 2.05) is 36.4 Å². The second-order valence-corrected chi connectivity index (χ2v) is 5.28. The van der Waals surface area contributed by atoms with Gasteiger partial charge >= 0.3 is 0 Å². The van der Waals surface area contributed by atoms with Gasteiger partial charge in [0.1, 0.15) is 18.1 Å². The molecule has 24 heavy (non-hydrogen) atoms. The molecule has 0 bridgehead atoms. The van der Waals surface area contributed by atoms with Gasteiger partial charge in [-0.25, -0.2) is 0 Å². The van der Waals surface area contributed by atoms with Crippen LogP contribution in [0.15, 0.2) is 72.8 Å². The first-order chi connectivity index (χ1) is 11.6. The van der Waals surface area contributed by atoms with E-state index in [0.29, 0.717) is 6.61 Å². The standard InChI is InChI=1S/C19H15NO4/c21-18-9-3-15(4-10-18)16-5-11-19(12-6-16)24-13-14-1-7-17(8-2-14)20(22)23/h1-12,21H,13H2. The Hall–Kier alpha value is -3.34. The lowest BCUT2D eigenvalue weighted by Crippen LogP contribution is -1.96. The van der Waals surface area contributed by atoms with Gasteiger partial charge in [-0.05, 0) is 53.1 Å². The molecule has 0 radical (unpaired) electrons. The molecular formula is C19H15NO4. The van der Waals surface area contributed by atoms with Gasteiger partial charge in [0, 0.05) is 12.1 Å². The number of phenolic OH excluding ortho intramolecular Hbond substituents is 1. The summed E-state index contributed by atoms with van der Waals surface area (Å²) in [4.78, 5) is 10.2. The first-order valence-electron chi connectivity index (χ1n) is 7.37.